The number of ether oxygens (including phenoxy) is 2. The number of ketones is 1. The van der Waals surface area contributed by atoms with Gasteiger partial charge in [-0.3, -0.25) is 14.4 Å². The van der Waals surface area contributed by atoms with Crippen LogP contribution in [0.5, 0.6) is 0 Å². The predicted molar refractivity (Wildman–Crippen MR) is 129 cm³/mol. The lowest BCUT2D eigenvalue weighted by Gasteiger charge is -2.51. The third-order valence-electron chi connectivity index (χ3n) is 9.30. The van der Waals surface area contributed by atoms with Gasteiger partial charge in [0, 0.05) is 36.5 Å². The largest absolute Gasteiger partial charge is 0.461 e. The fraction of sp³-hybridized carbons (Fsp3) is 0.750. The van der Waals surface area contributed by atoms with Crippen molar-refractivity contribution in [1.29, 1.82) is 0 Å². The topological polar surface area (TPSA) is 110 Å². The maximum absolute atomic E-state index is 13.3. The van der Waals surface area contributed by atoms with E-state index in [1.54, 1.807) is 33.8 Å². The number of Topliss-reactive ketones (excluding diaryl/α,β-unsaturated/α-hetero) is 1. The van der Waals surface area contributed by atoms with Crippen molar-refractivity contribution in [1.82, 2.24) is 0 Å². The average Bonchev–Trinajstić information content (AvgIpc) is 3.14. The van der Waals surface area contributed by atoms with E-state index in [2.05, 4.69) is 0 Å². The summed E-state index contributed by atoms with van der Waals surface area (Å²) >= 11 is 0. The average molecular weight is 489 g/mol. The van der Waals surface area contributed by atoms with Gasteiger partial charge in [0.25, 0.3) is 0 Å². The highest BCUT2D eigenvalue weighted by Gasteiger charge is 2.83. The Morgan fingerprint density at radius 2 is 1.80 bits per heavy atom. The van der Waals surface area contributed by atoms with Gasteiger partial charge in [-0.15, -0.1) is 0 Å². The molecule has 2 N–H and O–H groups in total. The molecule has 0 unspecified atom stereocenters. The van der Waals surface area contributed by atoms with Crippen molar-refractivity contribution in [3.05, 3.63) is 23.3 Å². The fourth-order valence-electron chi connectivity index (χ4n) is 7.49. The van der Waals surface area contributed by atoms with Crippen molar-refractivity contribution in [2.45, 2.75) is 91.5 Å². The standard InChI is InChI=1S/C28H40O7/c1-9-18-13-27(35-16(3)29)21(25(27,7)8)19-11-17(14-34-23(31)24(4,5)6)12-26(32)20(28(18,19)33)10-15(2)22(26)30/h10-11,18-21,32-33H,9,12-14H2,1-8H3/t18-,19+,20-,21-,26-,27+,28-/m1/s1. The van der Waals surface area contributed by atoms with Crippen LogP contribution in [0.2, 0.25) is 0 Å². The molecule has 0 radical (unpaired) electrons. The van der Waals surface area contributed by atoms with Crippen LogP contribution in [-0.4, -0.2) is 51.3 Å². The Labute approximate surface area is 207 Å². The van der Waals surface area contributed by atoms with Gasteiger partial charge in [-0.05, 0) is 51.2 Å². The molecule has 0 saturated heterocycles. The van der Waals surface area contributed by atoms with E-state index < -0.39 is 45.3 Å². The summed E-state index contributed by atoms with van der Waals surface area (Å²) in [6.07, 6.45) is 4.66. The number of hydrogen-bond acceptors (Lipinski definition) is 7. The quantitative estimate of drug-likeness (QED) is 0.460. The van der Waals surface area contributed by atoms with Gasteiger partial charge >= 0.3 is 11.9 Å². The molecule has 35 heavy (non-hydrogen) atoms. The highest BCUT2D eigenvalue weighted by Crippen LogP contribution is 2.76. The summed E-state index contributed by atoms with van der Waals surface area (Å²) in [4.78, 5) is 37.9. The molecule has 4 aliphatic rings. The van der Waals surface area contributed by atoms with E-state index in [4.69, 9.17) is 9.47 Å². The van der Waals surface area contributed by atoms with Gasteiger partial charge < -0.3 is 19.7 Å². The van der Waals surface area contributed by atoms with Crippen LogP contribution >= 0.6 is 0 Å². The van der Waals surface area contributed by atoms with E-state index in [1.165, 1.54) is 6.92 Å². The Morgan fingerprint density at radius 3 is 2.34 bits per heavy atom. The minimum absolute atomic E-state index is 0.0231. The Bertz CT molecular complexity index is 1030. The minimum atomic E-state index is -1.82. The summed E-state index contributed by atoms with van der Waals surface area (Å²) < 4.78 is 11.6. The second-order valence-electron chi connectivity index (χ2n) is 12.8. The first-order valence-electron chi connectivity index (χ1n) is 12.7. The van der Waals surface area contributed by atoms with Crippen LogP contribution in [0.15, 0.2) is 23.3 Å². The molecule has 2 saturated carbocycles. The Balaban J connectivity index is 1.85. The van der Waals surface area contributed by atoms with Crippen molar-refractivity contribution in [2.24, 2.45) is 34.5 Å². The van der Waals surface area contributed by atoms with Crippen LogP contribution in [0.4, 0.5) is 0 Å². The predicted octanol–water partition coefficient (Wildman–Crippen LogP) is 3.52. The van der Waals surface area contributed by atoms with Gasteiger partial charge in [0.1, 0.15) is 17.8 Å². The normalized spacial score (nSPS) is 41.5. The van der Waals surface area contributed by atoms with Gasteiger partial charge in [0.2, 0.25) is 0 Å². The van der Waals surface area contributed by atoms with E-state index in [0.29, 0.717) is 24.0 Å². The molecular formula is C28H40O7. The summed E-state index contributed by atoms with van der Waals surface area (Å²) in [5, 5.41) is 24.4. The molecule has 0 heterocycles. The zero-order valence-corrected chi connectivity index (χ0v) is 22.2. The number of fused-ring (bicyclic) bond motifs is 5. The molecule has 0 bridgehead atoms. The van der Waals surface area contributed by atoms with E-state index in [-0.39, 0.29) is 36.8 Å². The van der Waals surface area contributed by atoms with Crippen LogP contribution in [0.1, 0.15) is 74.7 Å². The maximum atomic E-state index is 13.3. The van der Waals surface area contributed by atoms with Crippen LogP contribution in [0.25, 0.3) is 0 Å². The minimum Gasteiger partial charge on any atom is -0.461 e. The lowest BCUT2D eigenvalue weighted by molar-refractivity contribution is -0.189. The molecule has 0 spiro atoms. The lowest BCUT2D eigenvalue weighted by Crippen LogP contribution is -2.61. The third-order valence-corrected chi connectivity index (χ3v) is 9.30. The second-order valence-corrected chi connectivity index (χ2v) is 12.8. The zero-order valence-electron chi connectivity index (χ0n) is 22.2. The summed E-state index contributed by atoms with van der Waals surface area (Å²) in [6.45, 7) is 14.4. The van der Waals surface area contributed by atoms with Crippen LogP contribution in [-0.2, 0) is 23.9 Å². The molecule has 0 amide bonds. The maximum Gasteiger partial charge on any atom is 0.311 e. The van der Waals surface area contributed by atoms with Crippen molar-refractivity contribution in [2.75, 3.05) is 6.61 Å². The molecule has 0 aromatic rings. The molecule has 0 aromatic carbocycles. The first-order chi connectivity index (χ1) is 16.0. The Kier molecular flexibility index (Phi) is 5.78. The van der Waals surface area contributed by atoms with Crippen molar-refractivity contribution in [3.63, 3.8) is 0 Å². The summed E-state index contributed by atoms with van der Waals surface area (Å²) in [5.74, 6) is -2.96. The first-order valence-corrected chi connectivity index (χ1v) is 12.7. The van der Waals surface area contributed by atoms with Crippen LogP contribution < -0.4 is 0 Å². The summed E-state index contributed by atoms with van der Waals surface area (Å²) in [7, 11) is 0. The smallest absolute Gasteiger partial charge is 0.311 e. The van der Waals surface area contributed by atoms with Crippen molar-refractivity contribution in [3.8, 4) is 0 Å². The molecule has 4 rings (SSSR count). The van der Waals surface area contributed by atoms with E-state index in [0.717, 1.165) is 0 Å². The molecule has 2 fully saturated rings. The number of carbonyl (C=O) groups excluding carboxylic acids is 3. The van der Waals surface area contributed by atoms with Gasteiger partial charge in [0.05, 0.1) is 11.0 Å². The van der Waals surface area contributed by atoms with Gasteiger partial charge in [-0.25, -0.2) is 0 Å². The molecule has 194 valence electrons. The van der Waals surface area contributed by atoms with E-state index in [1.807, 2.05) is 26.8 Å². The summed E-state index contributed by atoms with van der Waals surface area (Å²) in [5.41, 5.74) is -4.05. The number of aliphatic hydroxyl groups is 2. The molecule has 7 nitrogen and oxygen atoms in total. The molecular weight excluding hydrogens is 448 g/mol. The van der Waals surface area contributed by atoms with Crippen molar-refractivity contribution >= 4 is 17.7 Å². The number of rotatable bonds is 4. The van der Waals surface area contributed by atoms with Gasteiger partial charge in [-0.1, -0.05) is 39.3 Å². The molecule has 7 atom stereocenters. The third kappa shape index (κ3) is 3.48. The Morgan fingerprint density at radius 1 is 1.17 bits per heavy atom. The first kappa shape index (κ1) is 26.1. The number of hydrogen-bond donors (Lipinski definition) is 2. The SMILES string of the molecule is CC[C@@H]1C[C@]2(OC(C)=O)[C@H]([C@@H]3C=C(COC(=O)C(C)(C)C)C[C@]4(O)C(=O)C(C)=C[C@H]4[C@@]13O)C2(C)C. The fourth-order valence-corrected chi connectivity index (χ4v) is 7.49. The Hall–Kier alpha value is -1.99. The van der Waals surface area contributed by atoms with Gasteiger partial charge in [-0.2, -0.15) is 0 Å². The molecule has 7 heteroatoms. The molecule has 0 aromatic heterocycles. The highest BCUT2D eigenvalue weighted by atomic mass is 16.6. The molecule has 0 aliphatic heterocycles. The number of esters is 2. The number of carbonyl (C=O) groups is 3. The molecule has 4 aliphatic carbocycles. The second kappa shape index (κ2) is 7.75. The van der Waals surface area contributed by atoms with Gasteiger partial charge in [0.15, 0.2) is 5.78 Å². The van der Waals surface area contributed by atoms with Crippen molar-refractivity contribution < 1.29 is 34.1 Å². The van der Waals surface area contributed by atoms with Crippen LogP contribution in [0, 0.1) is 34.5 Å². The van der Waals surface area contributed by atoms with E-state index >= 15 is 0 Å². The summed E-state index contributed by atoms with van der Waals surface area (Å²) in [6, 6.07) is 0. The monoisotopic (exact) mass is 488 g/mol. The highest BCUT2D eigenvalue weighted by molar-refractivity contribution is 6.04. The lowest BCUT2D eigenvalue weighted by atomic mass is 9.58. The van der Waals surface area contributed by atoms with Crippen LogP contribution in [0.3, 0.4) is 0 Å². The van der Waals surface area contributed by atoms with E-state index in [9.17, 15) is 24.6 Å². The zero-order chi connectivity index (χ0) is 26.4.